The molecule has 0 saturated carbocycles. The van der Waals surface area contributed by atoms with Gasteiger partial charge in [0.1, 0.15) is 0 Å². The molecule has 0 unspecified atom stereocenters. The molecule has 0 spiro atoms. The first-order chi connectivity index (χ1) is 6.33. The molecule has 0 aliphatic heterocycles. The summed E-state index contributed by atoms with van der Waals surface area (Å²) in [5, 5.41) is 0. The standard InChI is InChI=1S/C9H21NO3S/c1-4-6-14(11,12)7-5-13-9(2,3)8-10/h4-8,10H2,1-3H3. The van der Waals surface area contributed by atoms with Crippen LogP contribution < -0.4 is 5.73 Å². The predicted octanol–water partition coefficient (Wildman–Crippen LogP) is 0.565. The molecular formula is C9H21NO3S. The zero-order valence-corrected chi connectivity index (χ0v) is 10.1. The molecule has 0 fully saturated rings. The second-order valence-corrected chi connectivity index (χ2v) is 6.27. The maximum absolute atomic E-state index is 11.3. The smallest absolute Gasteiger partial charge is 0.152 e. The Balaban J connectivity index is 3.85. The van der Waals surface area contributed by atoms with Crippen LogP contribution in [0.25, 0.3) is 0 Å². The summed E-state index contributed by atoms with van der Waals surface area (Å²) >= 11 is 0. The van der Waals surface area contributed by atoms with Gasteiger partial charge in [0.25, 0.3) is 0 Å². The van der Waals surface area contributed by atoms with Gasteiger partial charge in [0.15, 0.2) is 9.84 Å². The lowest BCUT2D eigenvalue weighted by Crippen LogP contribution is -2.35. The second-order valence-electron chi connectivity index (χ2n) is 3.96. The van der Waals surface area contributed by atoms with Gasteiger partial charge in [-0.2, -0.15) is 0 Å². The minimum atomic E-state index is -2.93. The molecule has 0 aromatic rings. The fourth-order valence-electron chi connectivity index (χ4n) is 0.917. The summed E-state index contributed by atoms with van der Waals surface area (Å²) in [7, 11) is -2.93. The van der Waals surface area contributed by atoms with E-state index in [4.69, 9.17) is 10.5 Å². The van der Waals surface area contributed by atoms with Gasteiger partial charge in [0.2, 0.25) is 0 Å². The molecule has 0 bridgehead atoms. The summed E-state index contributed by atoms with van der Waals surface area (Å²) < 4.78 is 27.9. The summed E-state index contributed by atoms with van der Waals surface area (Å²) in [6.07, 6.45) is 0.655. The Morgan fingerprint density at radius 3 is 2.29 bits per heavy atom. The van der Waals surface area contributed by atoms with Crippen LogP contribution in [0.3, 0.4) is 0 Å². The Hall–Kier alpha value is -0.130. The maximum atomic E-state index is 11.3. The summed E-state index contributed by atoms with van der Waals surface area (Å²) in [6.45, 7) is 6.16. The zero-order chi connectivity index (χ0) is 11.2. The van der Waals surface area contributed by atoms with Crippen LogP contribution in [-0.4, -0.2) is 38.7 Å². The SMILES string of the molecule is CCCS(=O)(=O)CCOC(C)(C)CN. The van der Waals surface area contributed by atoms with E-state index in [9.17, 15) is 8.42 Å². The van der Waals surface area contributed by atoms with E-state index in [2.05, 4.69) is 0 Å². The molecular weight excluding hydrogens is 202 g/mol. The molecule has 0 heterocycles. The van der Waals surface area contributed by atoms with E-state index >= 15 is 0 Å². The van der Waals surface area contributed by atoms with Crippen molar-refractivity contribution < 1.29 is 13.2 Å². The monoisotopic (exact) mass is 223 g/mol. The van der Waals surface area contributed by atoms with Gasteiger partial charge in [-0.15, -0.1) is 0 Å². The Morgan fingerprint density at radius 2 is 1.86 bits per heavy atom. The van der Waals surface area contributed by atoms with Crippen molar-refractivity contribution in [3.8, 4) is 0 Å². The molecule has 2 N–H and O–H groups in total. The minimum Gasteiger partial charge on any atom is -0.373 e. The number of sulfone groups is 1. The fourth-order valence-corrected chi connectivity index (χ4v) is 2.08. The Kier molecular flexibility index (Phi) is 5.63. The molecule has 86 valence electrons. The highest BCUT2D eigenvalue weighted by Gasteiger charge is 2.17. The van der Waals surface area contributed by atoms with Crippen molar-refractivity contribution in [1.29, 1.82) is 0 Å². The van der Waals surface area contributed by atoms with Gasteiger partial charge >= 0.3 is 0 Å². The molecule has 0 rings (SSSR count). The van der Waals surface area contributed by atoms with Crippen molar-refractivity contribution in [2.24, 2.45) is 5.73 Å². The van der Waals surface area contributed by atoms with Crippen LogP contribution in [-0.2, 0) is 14.6 Å². The zero-order valence-electron chi connectivity index (χ0n) is 9.25. The van der Waals surface area contributed by atoms with Gasteiger partial charge in [-0.1, -0.05) is 6.92 Å². The van der Waals surface area contributed by atoms with Gasteiger partial charge in [0.05, 0.1) is 18.0 Å². The minimum absolute atomic E-state index is 0.0876. The number of ether oxygens (including phenoxy) is 1. The highest BCUT2D eigenvalue weighted by Crippen LogP contribution is 2.06. The van der Waals surface area contributed by atoms with Crippen LogP contribution in [0.4, 0.5) is 0 Å². The molecule has 0 aliphatic carbocycles. The Bertz CT molecular complexity index is 247. The lowest BCUT2D eigenvalue weighted by Gasteiger charge is -2.22. The summed E-state index contributed by atoms with van der Waals surface area (Å²) in [4.78, 5) is 0. The van der Waals surface area contributed by atoms with E-state index in [1.165, 1.54) is 0 Å². The van der Waals surface area contributed by atoms with Gasteiger partial charge in [-0.05, 0) is 20.3 Å². The third-order valence-corrected chi connectivity index (χ3v) is 3.71. The number of hydrogen-bond acceptors (Lipinski definition) is 4. The molecule has 0 atom stereocenters. The van der Waals surface area contributed by atoms with E-state index in [-0.39, 0.29) is 18.1 Å². The molecule has 0 aromatic carbocycles. The third-order valence-electron chi connectivity index (χ3n) is 1.89. The first-order valence-corrected chi connectivity index (χ1v) is 6.69. The summed E-state index contributed by atoms with van der Waals surface area (Å²) in [5.74, 6) is 0.323. The van der Waals surface area contributed by atoms with E-state index in [1.807, 2.05) is 20.8 Å². The quantitative estimate of drug-likeness (QED) is 0.685. The van der Waals surface area contributed by atoms with Crippen LogP contribution >= 0.6 is 0 Å². The first-order valence-electron chi connectivity index (χ1n) is 4.87. The lowest BCUT2D eigenvalue weighted by atomic mass is 10.1. The van der Waals surface area contributed by atoms with E-state index in [1.54, 1.807) is 0 Å². The highest BCUT2D eigenvalue weighted by atomic mass is 32.2. The van der Waals surface area contributed by atoms with Gasteiger partial charge in [-0.3, -0.25) is 0 Å². The average molecular weight is 223 g/mol. The van der Waals surface area contributed by atoms with Crippen LogP contribution in [0.1, 0.15) is 27.2 Å². The van der Waals surface area contributed by atoms with Crippen molar-refractivity contribution in [3.05, 3.63) is 0 Å². The lowest BCUT2D eigenvalue weighted by molar-refractivity contribution is -0.00140. The third kappa shape index (κ3) is 6.34. The van der Waals surface area contributed by atoms with Gasteiger partial charge in [0, 0.05) is 12.3 Å². The topological polar surface area (TPSA) is 69.4 Å². The molecule has 0 aromatic heterocycles. The molecule has 0 aliphatic rings. The largest absolute Gasteiger partial charge is 0.373 e. The maximum Gasteiger partial charge on any atom is 0.152 e. The summed E-state index contributed by atoms with van der Waals surface area (Å²) in [6, 6.07) is 0. The predicted molar refractivity (Wildman–Crippen MR) is 58.0 cm³/mol. The summed E-state index contributed by atoms with van der Waals surface area (Å²) in [5.41, 5.74) is 5.01. The van der Waals surface area contributed by atoms with Gasteiger partial charge < -0.3 is 10.5 Å². The molecule has 0 radical (unpaired) electrons. The Morgan fingerprint density at radius 1 is 1.29 bits per heavy atom. The molecule has 0 amide bonds. The number of hydrogen-bond donors (Lipinski definition) is 1. The van der Waals surface area contributed by atoms with E-state index in [0.29, 0.717) is 13.0 Å². The van der Waals surface area contributed by atoms with E-state index < -0.39 is 15.4 Å². The van der Waals surface area contributed by atoms with Crippen molar-refractivity contribution in [2.45, 2.75) is 32.8 Å². The van der Waals surface area contributed by atoms with Crippen molar-refractivity contribution in [2.75, 3.05) is 24.7 Å². The van der Waals surface area contributed by atoms with Crippen LogP contribution in [0.5, 0.6) is 0 Å². The highest BCUT2D eigenvalue weighted by molar-refractivity contribution is 7.91. The molecule has 0 saturated heterocycles. The average Bonchev–Trinajstić information content (AvgIpc) is 2.03. The fraction of sp³-hybridized carbons (Fsp3) is 1.00. The Labute approximate surface area is 86.7 Å². The van der Waals surface area contributed by atoms with Crippen molar-refractivity contribution in [1.82, 2.24) is 0 Å². The van der Waals surface area contributed by atoms with E-state index in [0.717, 1.165) is 0 Å². The normalized spacial score (nSPS) is 13.1. The number of nitrogens with two attached hydrogens (primary N) is 1. The molecule has 4 nitrogen and oxygen atoms in total. The second kappa shape index (κ2) is 5.68. The number of rotatable bonds is 7. The van der Waals surface area contributed by atoms with Gasteiger partial charge in [-0.25, -0.2) is 8.42 Å². The van der Waals surface area contributed by atoms with Crippen LogP contribution in [0.15, 0.2) is 0 Å². The molecule has 5 heteroatoms. The van der Waals surface area contributed by atoms with Crippen molar-refractivity contribution >= 4 is 9.84 Å². The first kappa shape index (κ1) is 13.9. The van der Waals surface area contributed by atoms with Crippen LogP contribution in [0, 0.1) is 0 Å². The molecule has 14 heavy (non-hydrogen) atoms. The van der Waals surface area contributed by atoms with Crippen LogP contribution in [0.2, 0.25) is 0 Å². The van der Waals surface area contributed by atoms with Crippen molar-refractivity contribution in [3.63, 3.8) is 0 Å².